The number of ketones is 1. The summed E-state index contributed by atoms with van der Waals surface area (Å²) in [7, 11) is 2.52. The third kappa shape index (κ3) is 5.69. The number of nitrogens with zero attached hydrogens (tertiary/aromatic N) is 2. The molecule has 4 rings (SSSR count). The lowest BCUT2D eigenvalue weighted by Crippen LogP contribution is -2.87. The zero-order valence-corrected chi connectivity index (χ0v) is 21.2. The molecule has 0 bridgehead atoms. The van der Waals surface area contributed by atoms with Crippen molar-refractivity contribution >= 4 is 17.4 Å². The molecule has 2 heterocycles. The summed E-state index contributed by atoms with van der Waals surface area (Å²) in [4.78, 5) is 38.2. The number of halogens is 1. The summed E-state index contributed by atoms with van der Waals surface area (Å²) in [6, 6.07) is 6.53. The zero-order chi connectivity index (χ0) is 25.9. The third-order valence-corrected chi connectivity index (χ3v) is 6.61. The van der Waals surface area contributed by atoms with Crippen molar-refractivity contribution in [2.75, 3.05) is 26.3 Å². The molecule has 0 spiro atoms. The van der Waals surface area contributed by atoms with E-state index >= 15 is 0 Å². The highest BCUT2D eigenvalue weighted by Gasteiger charge is 2.39. The molecule has 0 amide bonds. The molecule has 3 N–H and O–H groups in total. The molecule has 1 aromatic carbocycles. The Kier molecular flexibility index (Phi) is 8.25. The Bertz CT molecular complexity index is 1250. The van der Waals surface area contributed by atoms with Crippen LogP contribution in [0.1, 0.15) is 43.7 Å². The lowest BCUT2D eigenvalue weighted by Gasteiger charge is -2.34. The second-order valence-corrected chi connectivity index (χ2v) is 10.1. The van der Waals surface area contributed by atoms with Gasteiger partial charge >= 0.3 is 5.69 Å². The van der Waals surface area contributed by atoms with Crippen LogP contribution in [0.3, 0.4) is 0 Å². The third-order valence-electron chi connectivity index (χ3n) is 6.27. The predicted octanol–water partition coefficient (Wildman–Crippen LogP) is 0.724. The minimum atomic E-state index is -1.18. The Morgan fingerprint density at radius 1 is 1.09 bits per heavy atom. The summed E-state index contributed by atoms with van der Waals surface area (Å²) < 4.78 is 6.67. The Hall–Kier alpha value is -2.88. The van der Waals surface area contributed by atoms with E-state index in [1.807, 2.05) is 13.8 Å². The van der Waals surface area contributed by atoms with Crippen LogP contribution in [0.15, 0.2) is 45.2 Å². The number of hydrogen-bond donors (Lipinski definition) is 2. The van der Waals surface area contributed by atoms with Crippen molar-refractivity contribution in [2.24, 2.45) is 19.5 Å². The van der Waals surface area contributed by atoms with E-state index in [1.54, 1.807) is 24.3 Å². The summed E-state index contributed by atoms with van der Waals surface area (Å²) in [5.74, 6) is -2.53. The highest BCUT2D eigenvalue weighted by atomic mass is 35.5. The maximum atomic E-state index is 13.0. The van der Waals surface area contributed by atoms with E-state index in [0.29, 0.717) is 5.56 Å². The van der Waals surface area contributed by atoms with Crippen LogP contribution in [0, 0.1) is 5.41 Å². The number of hydrogen-bond acceptors (Lipinski definition) is 6. The molecule has 0 radical (unpaired) electrons. The van der Waals surface area contributed by atoms with Crippen LogP contribution < -0.4 is 21.7 Å². The van der Waals surface area contributed by atoms with Crippen molar-refractivity contribution < 1.29 is 25.1 Å². The van der Waals surface area contributed by atoms with Crippen LogP contribution in [-0.4, -0.2) is 46.3 Å². The van der Waals surface area contributed by atoms with Crippen molar-refractivity contribution in [3.8, 4) is 5.88 Å². The molecule has 10 heteroatoms. The Labute approximate surface area is 208 Å². The summed E-state index contributed by atoms with van der Waals surface area (Å²) in [6.07, 6.45) is 0.364. The van der Waals surface area contributed by atoms with E-state index in [-0.39, 0.29) is 40.5 Å². The van der Waals surface area contributed by atoms with Gasteiger partial charge in [0.25, 0.3) is 5.56 Å². The summed E-state index contributed by atoms with van der Waals surface area (Å²) >= 11 is 6.36. The molecule has 2 aliphatic rings. The number of carbonyl (C=O) groups is 1. The number of benzene rings is 1. The molecular formula is C25H32ClN3O6. The minimum absolute atomic E-state index is 0.0229. The smallest absolute Gasteiger partial charge is 0.329 e. The first-order chi connectivity index (χ1) is 16.5. The number of aromatic nitrogens is 2. The van der Waals surface area contributed by atoms with Gasteiger partial charge in [0.2, 0.25) is 0 Å². The number of Topliss-reactive ketones (excluding diaryl/α,β-unsaturated/α-hetero) is 1. The van der Waals surface area contributed by atoms with Gasteiger partial charge in [-0.2, -0.15) is 0 Å². The lowest BCUT2D eigenvalue weighted by atomic mass is 9.71. The average molecular weight is 506 g/mol. The molecule has 1 aromatic heterocycles. The van der Waals surface area contributed by atoms with E-state index in [0.717, 1.165) is 35.4 Å². The molecule has 190 valence electrons. The highest BCUT2D eigenvalue weighted by Crippen LogP contribution is 2.45. The molecule has 1 unspecified atom stereocenters. The van der Waals surface area contributed by atoms with E-state index in [1.165, 1.54) is 14.1 Å². The fraction of sp³-hybridized carbons (Fsp3) is 0.480. The molecule has 1 fully saturated rings. The maximum absolute atomic E-state index is 13.0. The average Bonchev–Trinajstić information content (AvgIpc) is 2.81. The number of rotatable bonds is 3. The van der Waals surface area contributed by atoms with Crippen molar-refractivity contribution in [1.82, 2.24) is 9.13 Å². The number of nitrogens with two attached hydrogens (primary N) is 1. The van der Waals surface area contributed by atoms with Gasteiger partial charge in [0.15, 0.2) is 5.78 Å². The van der Waals surface area contributed by atoms with E-state index in [2.05, 4.69) is 5.32 Å². The Morgan fingerprint density at radius 3 is 2.23 bits per heavy atom. The predicted molar refractivity (Wildman–Crippen MR) is 130 cm³/mol. The Balaban J connectivity index is 0.000000497. The van der Waals surface area contributed by atoms with E-state index in [4.69, 9.17) is 16.3 Å². The fourth-order valence-electron chi connectivity index (χ4n) is 4.47. The van der Waals surface area contributed by atoms with Crippen LogP contribution in [0.5, 0.6) is 5.88 Å². The summed E-state index contributed by atoms with van der Waals surface area (Å²) in [5.41, 5.74) is -2.01. The number of aliphatic hydroxyl groups excluding tert-OH is 1. The SMILES string of the molecule is C1COCC[NH2+]1.Cn1c([O-])c(C(C2=C(O)CC(C)(C)CC2=O)c2ccccc2Cl)c(=O)n(C)c1=O. The largest absolute Gasteiger partial charge is 0.860 e. The lowest BCUT2D eigenvalue weighted by molar-refractivity contribution is -0.670. The molecule has 1 aliphatic heterocycles. The summed E-state index contributed by atoms with van der Waals surface area (Å²) in [5, 5.41) is 26.2. The zero-order valence-electron chi connectivity index (χ0n) is 20.5. The molecule has 9 nitrogen and oxygen atoms in total. The van der Waals surface area contributed by atoms with Gasteiger partial charge in [-0.3, -0.25) is 14.2 Å². The molecule has 1 aliphatic carbocycles. The first kappa shape index (κ1) is 26.7. The first-order valence-corrected chi connectivity index (χ1v) is 11.9. The first-order valence-electron chi connectivity index (χ1n) is 11.5. The topological polar surface area (TPSA) is 130 Å². The molecule has 35 heavy (non-hydrogen) atoms. The second kappa shape index (κ2) is 10.8. The van der Waals surface area contributed by atoms with Gasteiger partial charge in [0.05, 0.1) is 26.3 Å². The highest BCUT2D eigenvalue weighted by molar-refractivity contribution is 6.31. The van der Waals surface area contributed by atoms with Crippen LogP contribution in [-0.2, 0) is 23.6 Å². The Morgan fingerprint density at radius 2 is 1.71 bits per heavy atom. The number of ether oxygens (including phenoxy) is 1. The standard InChI is InChI=1S/C21H23ClN2O5.C4H9NO/c1-21(2)9-13(25)16(14(26)10-21)15(11-7-5-6-8-12(11)22)17-18(27)23(3)20(29)24(4)19(17)28;1-3-6-4-2-5-1/h5-8,15,25,27H,9-10H2,1-4H3;5H,1-4H2. The van der Waals surface area contributed by atoms with Gasteiger partial charge in [-0.1, -0.05) is 43.6 Å². The van der Waals surface area contributed by atoms with Crippen LogP contribution >= 0.6 is 11.6 Å². The van der Waals surface area contributed by atoms with Gasteiger partial charge in [0, 0.05) is 49.0 Å². The molecule has 1 saturated heterocycles. The van der Waals surface area contributed by atoms with Gasteiger partial charge in [0.1, 0.15) is 5.76 Å². The fourth-order valence-corrected chi connectivity index (χ4v) is 4.72. The number of quaternary nitrogens is 1. The van der Waals surface area contributed by atoms with Crippen molar-refractivity contribution in [1.29, 1.82) is 0 Å². The van der Waals surface area contributed by atoms with Crippen molar-refractivity contribution in [3.05, 3.63) is 72.6 Å². The van der Waals surface area contributed by atoms with E-state index in [9.17, 15) is 24.6 Å². The molecular weight excluding hydrogens is 474 g/mol. The second-order valence-electron chi connectivity index (χ2n) is 9.66. The van der Waals surface area contributed by atoms with Gasteiger partial charge in [-0.05, 0) is 22.9 Å². The molecule has 2 aromatic rings. The summed E-state index contributed by atoms with van der Waals surface area (Å²) in [6.45, 7) is 7.90. The number of allylic oxidation sites excluding steroid dienone is 2. The minimum Gasteiger partial charge on any atom is -0.860 e. The van der Waals surface area contributed by atoms with E-state index < -0.39 is 28.5 Å². The van der Waals surface area contributed by atoms with Gasteiger partial charge < -0.3 is 24.8 Å². The monoisotopic (exact) mass is 505 g/mol. The normalized spacial score (nSPS) is 18.6. The van der Waals surface area contributed by atoms with Gasteiger partial charge in [-0.15, -0.1) is 0 Å². The quantitative estimate of drug-likeness (QED) is 0.632. The van der Waals surface area contributed by atoms with Crippen molar-refractivity contribution in [3.63, 3.8) is 0 Å². The number of aliphatic hydroxyl groups is 1. The molecule has 1 atom stereocenters. The van der Waals surface area contributed by atoms with Crippen molar-refractivity contribution in [2.45, 2.75) is 32.6 Å². The van der Waals surface area contributed by atoms with Crippen LogP contribution in [0.2, 0.25) is 5.02 Å². The number of carbonyl (C=O) groups excluding carboxylic acids is 1. The van der Waals surface area contributed by atoms with Crippen LogP contribution in [0.4, 0.5) is 0 Å². The van der Waals surface area contributed by atoms with Crippen LogP contribution in [0.25, 0.3) is 0 Å². The number of morpholine rings is 1. The molecule has 0 saturated carbocycles. The maximum Gasteiger partial charge on any atom is 0.329 e. The van der Waals surface area contributed by atoms with Gasteiger partial charge in [-0.25, -0.2) is 4.79 Å².